The molecule has 29 heavy (non-hydrogen) atoms. The monoisotopic (exact) mass is 537 g/mol. The van der Waals surface area contributed by atoms with E-state index in [2.05, 4.69) is 71.8 Å². The topological polar surface area (TPSA) is 35.6 Å². The normalized spacial score (nSPS) is 15.3. The minimum atomic E-state index is -0.0523. The van der Waals surface area contributed by atoms with Crippen molar-refractivity contribution in [3.63, 3.8) is 0 Å². The SMILES string of the molecule is CCN(CC)c1ccc(/C=C2/SC(=S)N(CNc3ccc(I)cc3C)C2=O)cc1. The summed E-state index contributed by atoms with van der Waals surface area (Å²) in [7, 11) is 0. The van der Waals surface area contributed by atoms with Crippen LogP contribution in [0.15, 0.2) is 47.4 Å². The molecule has 1 heterocycles. The predicted molar refractivity (Wildman–Crippen MR) is 137 cm³/mol. The summed E-state index contributed by atoms with van der Waals surface area (Å²) in [4.78, 5) is 17.4. The lowest BCUT2D eigenvalue weighted by molar-refractivity contribution is -0.121. The lowest BCUT2D eigenvalue weighted by atomic mass is 10.1. The molecule has 0 bridgehead atoms. The Morgan fingerprint density at radius 2 is 1.86 bits per heavy atom. The second-order valence-electron chi connectivity index (χ2n) is 6.67. The van der Waals surface area contributed by atoms with Crippen molar-refractivity contribution in [2.24, 2.45) is 0 Å². The Morgan fingerprint density at radius 3 is 2.48 bits per heavy atom. The zero-order valence-corrected chi connectivity index (χ0v) is 20.5. The van der Waals surface area contributed by atoms with Gasteiger partial charge in [0.15, 0.2) is 0 Å². The minimum absolute atomic E-state index is 0.0523. The molecular formula is C22H24IN3OS2. The quantitative estimate of drug-likeness (QED) is 0.278. The lowest BCUT2D eigenvalue weighted by Crippen LogP contribution is -2.33. The molecule has 0 aromatic heterocycles. The van der Waals surface area contributed by atoms with E-state index in [0.29, 0.717) is 15.9 Å². The molecular weight excluding hydrogens is 513 g/mol. The van der Waals surface area contributed by atoms with Gasteiger partial charge in [0.05, 0.1) is 11.6 Å². The number of rotatable bonds is 7. The van der Waals surface area contributed by atoms with Gasteiger partial charge in [-0.15, -0.1) is 0 Å². The van der Waals surface area contributed by atoms with E-state index in [-0.39, 0.29) is 5.91 Å². The summed E-state index contributed by atoms with van der Waals surface area (Å²) in [5.74, 6) is -0.0523. The van der Waals surface area contributed by atoms with Crippen molar-refractivity contribution in [2.45, 2.75) is 20.8 Å². The number of hydrogen-bond donors (Lipinski definition) is 1. The molecule has 1 saturated heterocycles. The maximum Gasteiger partial charge on any atom is 0.267 e. The summed E-state index contributed by atoms with van der Waals surface area (Å²) < 4.78 is 1.77. The number of anilines is 2. The van der Waals surface area contributed by atoms with Crippen molar-refractivity contribution >= 4 is 74.2 Å². The van der Waals surface area contributed by atoms with Crippen LogP contribution in [0.2, 0.25) is 0 Å². The third kappa shape index (κ3) is 5.32. The number of nitrogens with one attached hydrogen (secondary N) is 1. The van der Waals surface area contributed by atoms with Gasteiger partial charge in [-0.1, -0.05) is 36.1 Å². The van der Waals surface area contributed by atoms with Crippen LogP contribution in [-0.2, 0) is 4.79 Å². The van der Waals surface area contributed by atoms with Gasteiger partial charge >= 0.3 is 0 Å². The number of thioether (sulfide) groups is 1. The lowest BCUT2D eigenvalue weighted by Gasteiger charge is -2.20. The highest BCUT2D eigenvalue weighted by atomic mass is 127. The summed E-state index contributed by atoms with van der Waals surface area (Å²) in [6.45, 7) is 8.66. The molecule has 152 valence electrons. The second-order valence-corrected chi connectivity index (χ2v) is 9.59. The van der Waals surface area contributed by atoms with Crippen LogP contribution in [0.25, 0.3) is 6.08 Å². The van der Waals surface area contributed by atoms with Gasteiger partial charge in [0.2, 0.25) is 0 Å². The Kier molecular flexibility index (Phi) is 7.59. The molecule has 0 atom stereocenters. The first-order valence-electron chi connectivity index (χ1n) is 9.53. The molecule has 0 unspecified atom stereocenters. The van der Waals surface area contributed by atoms with Gasteiger partial charge in [0.1, 0.15) is 4.32 Å². The van der Waals surface area contributed by atoms with Crippen LogP contribution < -0.4 is 10.2 Å². The highest BCUT2D eigenvalue weighted by Crippen LogP contribution is 2.33. The number of nitrogens with zero attached hydrogens (tertiary/aromatic N) is 2. The fourth-order valence-corrected chi connectivity index (χ4v) is 5.05. The zero-order chi connectivity index (χ0) is 21.0. The van der Waals surface area contributed by atoms with Crippen molar-refractivity contribution in [1.82, 2.24) is 4.90 Å². The standard InChI is InChI=1S/C22H24IN3OS2/c1-4-25(5-2)18-9-6-16(7-10-18)13-20-21(27)26(22(28)29-20)14-24-19-11-8-17(23)12-15(19)3/h6-13,24H,4-5,14H2,1-3H3/b20-13+. The Morgan fingerprint density at radius 1 is 1.17 bits per heavy atom. The smallest absolute Gasteiger partial charge is 0.267 e. The number of halogens is 1. The summed E-state index contributed by atoms with van der Waals surface area (Å²) in [5, 5.41) is 3.33. The first-order valence-corrected chi connectivity index (χ1v) is 11.8. The van der Waals surface area contributed by atoms with Crippen LogP contribution >= 0.6 is 46.6 Å². The van der Waals surface area contributed by atoms with Gasteiger partial charge < -0.3 is 10.2 Å². The van der Waals surface area contributed by atoms with Gasteiger partial charge in [-0.25, -0.2) is 0 Å². The van der Waals surface area contributed by atoms with E-state index in [1.807, 2.05) is 30.3 Å². The highest BCUT2D eigenvalue weighted by molar-refractivity contribution is 14.1. The summed E-state index contributed by atoms with van der Waals surface area (Å²) in [6, 6.07) is 14.5. The molecule has 4 nitrogen and oxygen atoms in total. The van der Waals surface area contributed by atoms with E-state index in [0.717, 1.165) is 29.9 Å². The first-order chi connectivity index (χ1) is 13.9. The number of hydrogen-bond acceptors (Lipinski definition) is 5. The maximum atomic E-state index is 12.8. The van der Waals surface area contributed by atoms with Gasteiger partial charge in [0.25, 0.3) is 5.91 Å². The molecule has 0 aliphatic carbocycles. The highest BCUT2D eigenvalue weighted by Gasteiger charge is 2.31. The molecule has 2 aromatic carbocycles. The molecule has 1 aliphatic rings. The Balaban J connectivity index is 1.69. The average molecular weight is 537 g/mol. The summed E-state index contributed by atoms with van der Waals surface area (Å²) in [6.07, 6.45) is 1.92. The fourth-order valence-electron chi connectivity index (χ4n) is 3.15. The number of aryl methyl sites for hydroxylation is 1. The van der Waals surface area contributed by atoms with Crippen molar-refractivity contribution in [2.75, 3.05) is 30.0 Å². The number of carbonyl (C=O) groups excluding carboxylic acids is 1. The second kappa shape index (κ2) is 9.95. The van der Waals surface area contributed by atoms with E-state index in [1.165, 1.54) is 21.0 Å². The molecule has 0 saturated carbocycles. The van der Waals surface area contributed by atoms with Crippen molar-refractivity contribution in [3.05, 3.63) is 62.1 Å². The van der Waals surface area contributed by atoms with E-state index in [4.69, 9.17) is 12.2 Å². The molecule has 0 radical (unpaired) electrons. The van der Waals surface area contributed by atoms with Gasteiger partial charge in [0, 0.05) is 28.0 Å². The number of benzene rings is 2. The third-order valence-corrected chi connectivity index (χ3v) is 6.86. The van der Waals surface area contributed by atoms with Gasteiger partial charge in [-0.05, 0) is 90.9 Å². The van der Waals surface area contributed by atoms with Crippen molar-refractivity contribution in [3.8, 4) is 0 Å². The van der Waals surface area contributed by atoms with Crippen LogP contribution in [-0.4, -0.2) is 34.9 Å². The molecule has 1 aliphatic heterocycles. The van der Waals surface area contributed by atoms with E-state index < -0.39 is 0 Å². The molecule has 1 amide bonds. The van der Waals surface area contributed by atoms with Crippen molar-refractivity contribution < 1.29 is 4.79 Å². The number of thiocarbonyl (C=S) groups is 1. The Hall–Kier alpha value is -1.58. The van der Waals surface area contributed by atoms with E-state index in [1.54, 1.807) is 4.90 Å². The third-order valence-electron chi connectivity index (χ3n) is 4.81. The average Bonchev–Trinajstić information content (AvgIpc) is 2.96. The summed E-state index contributed by atoms with van der Waals surface area (Å²) in [5.41, 5.74) is 4.35. The summed E-state index contributed by atoms with van der Waals surface area (Å²) >= 11 is 9.09. The molecule has 2 aromatic rings. The minimum Gasteiger partial charge on any atom is -0.372 e. The zero-order valence-electron chi connectivity index (χ0n) is 16.7. The van der Waals surface area contributed by atoms with E-state index >= 15 is 0 Å². The van der Waals surface area contributed by atoms with Gasteiger partial charge in [-0.2, -0.15) is 0 Å². The first kappa shape index (κ1) is 22.1. The largest absolute Gasteiger partial charge is 0.372 e. The van der Waals surface area contributed by atoms with Crippen LogP contribution in [0.4, 0.5) is 11.4 Å². The molecule has 1 N–H and O–H groups in total. The molecule has 7 heteroatoms. The van der Waals surface area contributed by atoms with Crippen LogP contribution in [0, 0.1) is 10.5 Å². The maximum absolute atomic E-state index is 12.8. The molecule has 3 rings (SSSR count). The molecule has 0 spiro atoms. The van der Waals surface area contributed by atoms with Gasteiger partial charge in [-0.3, -0.25) is 9.69 Å². The Labute approximate surface area is 195 Å². The number of amides is 1. The Bertz CT molecular complexity index is 940. The predicted octanol–water partition coefficient (Wildman–Crippen LogP) is 5.72. The van der Waals surface area contributed by atoms with Crippen LogP contribution in [0.5, 0.6) is 0 Å². The molecule has 1 fully saturated rings. The van der Waals surface area contributed by atoms with Crippen molar-refractivity contribution in [1.29, 1.82) is 0 Å². The van der Waals surface area contributed by atoms with E-state index in [9.17, 15) is 4.79 Å². The van der Waals surface area contributed by atoms with Crippen LogP contribution in [0.3, 0.4) is 0 Å². The number of carbonyl (C=O) groups is 1. The van der Waals surface area contributed by atoms with Crippen LogP contribution in [0.1, 0.15) is 25.0 Å². The fraction of sp³-hybridized carbons (Fsp3) is 0.273.